The molecule has 0 saturated carbocycles. The molecule has 0 aromatic heterocycles. The van der Waals surface area contributed by atoms with E-state index < -0.39 is 55.3 Å². The zero-order valence-corrected chi connectivity index (χ0v) is 36.3. The summed E-state index contributed by atoms with van der Waals surface area (Å²) in [5.41, 5.74) is 6.12. The van der Waals surface area contributed by atoms with Gasteiger partial charge in [0.1, 0.15) is 42.7 Å². The Kier molecular flexibility index (Phi) is 17.3. The first-order chi connectivity index (χ1) is 31.7. The van der Waals surface area contributed by atoms with Crippen molar-refractivity contribution in [3.63, 3.8) is 0 Å². The minimum Gasteiger partial charge on any atom is -0.374 e. The van der Waals surface area contributed by atoms with Gasteiger partial charge in [0.2, 0.25) is 0 Å². The number of methoxy groups -OCH3 is 1. The van der Waals surface area contributed by atoms with Crippen molar-refractivity contribution in [3.05, 3.63) is 215 Å². The van der Waals surface area contributed by atoms with Crippen molar-refractivity contribution in [1.82, 2.24) is 0 Å². The van der Waals surface area contributed by atoms with Gasteiger partial charge in [-0.15, -0.1) is 0 Å². The minimum absolute atomic E-state index is 0.0684. The van der Waals surface area contributed by atoms with Crippen molar-refractivity contribution in [2.45, 2.75) is 94.9 Å². The molecule has 0 spiro atoms. The Balaban J connectivity index is 1.09. The first-order valence-electron chi connectivity index (χ1n) is 22.0. The molecule has 2 saturated heterocycles. The topological polar surface area (TPSA) is 92.3 Å². The van der Waals surface area contributed by atoms with Gasteiger partial charge in [0.05, 0.1) is 52.9 Å². The summed E-state index contributed by atoms with van der Waals surface area (Å²) in [7, 11) is 1.61. The minimum atomic E-state index is -0.935. The molecular formula is C54H58O10. The zero-order chi connectivity index (χ0) is 43.6. The SMILES string of the molecule is CO[C@@H]1O[C@H](CO[C@@H]2O[C@H](COCc3ccccc3)[C@@H](OCc3ccccc3)[C@H](OCc3ccccc3)[C@H]2OCc2ccccc2)[C@@H](OCc2ccccc2)[C@H]1OCc1ccccc1. The van der Waals surface area contributed by atoms with E-state index >= 15 is 0 Å². The van der Waals surface area contributed by atoms with Crippen LogP contribution in [0.5, 0.6) is 0 Å². The van der Waals surface area contributed by atoms with Gasteiger partial charge in [0.15, 0.2) is 12.6 Å². The van der Waals surface area contributed by atoms with Gasteiger partial charge in [-0.1, -0.05) is 182 Å². The molecule has 334 valence electrons. The Bertz CT molecular complexity index is 2170. The second kappa shape index (κ2) is 24.3. The van der Waals surface area contributed by atoms with Gasteiger partial charge in [-0.2, -0.15) is 0 Å². The van der Waals surface area contributed by atoms with Crippen LogP contribution in [0.15, 0.2) is 182 Å². The molecule has 2 fully saturated rings. The van der Waals surface area contributed by atoms with Crippen LogP contribution in [0, 0.1) is 0 Å². The summed E-state index contributed by atoms with van der Waals surface area (Å²) in [6, 6.07) is 60.4. The van der Waals surface area contributed by atoms with Gasteiger partial charge in [-0.3, -0.25) is 0 Å². The van der Waals surface area contributed by atoms with E-state index in [-0.39, 0.29) is 19.8 Å². The number of benzene rings is 6. The van der Waals surface area contributed by atoms with Crippen molar-refractivity contribution in [2.24, 2.45) is 0 Å². The predicted molar refractivity (Wildman–Crippen MR) is 241 cm³/mol. The highest BCUT2D eigenvalue weighted by Gasteiger charge is 2.51. The van der Waals surface area contributed by atoms with E-state index in [1.807, 2.05) is 182 Å². The highest BCUT2D eigenvalue weighted by atomic mass is 16.8. The van der Waals surface area contributed by atoms with Crippen LogP contribution >= 0.6 is 0 Å². The summed E-state index contributed by atoms with van der Waals surface area (Å²) in [5, 5.41) is 0. The smallest absolute Gasteiger partial charge is 0.187 e. The summed E-state index contributed by atoms with van der Waals surface area (Å²) >= 11 is 0. The van der Waals surface area contributed by atoms with E-state index in [1.54, 1.807) is 7.11 Å². The number of ether oxygens (including phenoxy) is 10. The lowest BCUT2D eigenvalue weighted by atomic mass is 9.97. The molecule has 64 heavy (non-hydrogen) atoms. The Labute approximate surface area is 376 Å². The van der Waals surface area contributed by atoms with Gasteiger partial charge >= 0.3 is 0 Å². The molecule has 6 aromatic carbocycles. The molecule has 2 heterocycles. The molecule has 8 rings (SSSR count). The van der Waals surface area contributed by atoms with Gasteiger partial charge in [0.25, 0.3) is 0 Å². The maximum absolute atomic E-state index is 6.98. The number of rotatable bonds is 23. The highest BCUT2D eigenvalue weighted by molar-refractivity contribution is 5.18. The largest absolute Gasteiger partial charge is 0.374 e. The van der Waals surface area contributed by atoms with Crippen molar-refractivity contribution < 1.29 is 47.4 Å². The molecule has 0 N–H and O–H groups in total. The van der Waals surface area contributed by atoms with E-state index in [2.05, 4.69) is 0 Å². The quantitative estimate of drug-likeness (QED) is 0.0621. The second-order valence-corrected chi connectivity index (χ2v) is 16.0. The first kappa shape index (κ1) is 45.5. The maximum atomic E-state index is 6.98. The van der Waals surface area contributed by atoms with Crippen LogP contribution in [0.3, 0.4) is 0 Å². The Hall–Kier alpha value is -5.08. The molecule has 0 bridgehead atoms. The molecule has 6 aromatic rings. The fourth-order valence-corrected chi connectivity index (χ4v) is 8.00. The molecule has 0 radical (unpaired) electrons. The third kappa shape index (κ3) is 13.0. The second-order valence-electron chi connectivity index (χ2n) is 16.0. The van der Waals surface area contributed by atoms with Crippen LogP contribution in [0.4, 0.5) is 0 Å². The number of hydrogen-bond acceptors (Lipinski definition) is 10. The standard InChI is InChI=1S/C54H58O10/c1-55-53-51(60-36-44-28-16-6-17-29-44)49(58-34-42-24-12-4-13-25-42)47(63-53)39-62-54-52(61-37-45-30-18-7-19-31-45)50(59-35-43-26-14-5-15-27-43)48(57-33-41-22-10-3-11-23-41)46(64-54)38-56-32-40-20-8-2-9-21-40/h2-31,46-54H,32-39H2,1H3/t46-,47-,48-,49-,50+,51-,52-,53-,54-/m1/s1. The van der Waals surface area contributed by atoms with Crippen molar-refractivity contribution in [2.75, 3.05) is 20.3 Å². The molecule has 0 amide bonds. The highest BCUT2D eigenvalue weighted by Crippen LogP contribution is 2.34. The molecule has 10 nitrogen and oxygen atoms in total. The Morgan fingerprint density at radius 1 is 0.312 bits per heavy atom. The summed E-state index contributed by atoms with van der Waals surface area (Å²) in [6.45, 7) is 2.27. The van der Waals surface area contributed by atoms with Crippen molar-refractivity contribution in [3.8, 4) is 0 Å². The van der Waals surface area contributed by atoms with Crippen LogP contribution in [0.25, 0.3) is 0 Å². The first-order valence-corrected chi connectivity index (χ1v) is 22.0. The van der Waals surface area contributed by atoms with E-state index in [1.165, 1.54) is 0 Å². The monoisotopic (exact) mass is 866 g/mol. The molecule has 0 unspecified atom stereocenters. The van der Waals surface area contributed by atoms with Crippen molar-refractivity contribution in [1.29, 1.82) is 0 Å². The normalized spacial score (nSPS) is 24.4. The van der Waals surface area contributed by atoms with Crippen LogP contribution in [-0.2, 0) is 87.0 Å². The summed E-state index contributed by atoms with van der Waals surface area (Å²) < 4.78 is 66.6. The van der Waals surface area contributed by atoms with E-state index in [9.17, 15) is 0 Å². The van der Waals surface area contributed by atoms with E-state index in [4.69, 9.17) is 47.4 Å². The third-order valence-electron chi connectivity index (χ3n) is 11.3. The molecule has 2 aliphatic heterocycles. The predicted octanol–water partition coefficient (Wildman–Crippen LogP) is 9.24. The lowest BCUT2D eigenvalue weighted by Crippen LogP contribution is -2.62. The van der Waals surface area contributed by atoms with Gasteiger partial charge in [0, 0.05) is 7.11 Å². The zero-order valence-electron chi connectivity index (χ0n) is 36.3. The van der Waals surface area contributed by atoms with Crippen LogP contribution < -0.4 is 0 Å². The van der Waals surface area contributed by atoms with Gasteiger partial charge in [-0.25, -0.2) is 0 Å². The van der Waals surface area contributed by atoms with Crippen LogP contribution in [-0.4, -0.2) is 75.6 Å². The van der Waals surface area contributed by atoms with E-state index in [0.29, 0.717) is 33.0 Å². The third-order valence-corrected chi connectivity index (χ3v) is 11.3. The summed E-state index contributed by atoms with van der Waals surface area (Å²) in [5.74, 6) is 0. The average Bonchev–Trinajstić information content (AvgIpc) is 3.70. The molecule has 9 atom stereocenters. The maximum Gasteiger partial charge on any atom is 0.187 e. The lowest BCUT2D eigenvalue weighted by molar-refractivity contribution is -0.332. The fourth-order valence-electron chi connectivity index (χ4n) is 8.00. The van der Waals surface area contributed by atoms with Gasteiger partial charge < -0.3 is 47.4 Å². The Morgan fingerprint density at radius 2 is 0.609 bits per heavy atom. The molecular weight excluding hydrogens is 809 g/mol. The molecule has 2 aliphatic rings. The number of hydrogen-bond donors (Lipinski definition) is 0. The summed E-state index contributed by atoms with van der Waals surface area (Å²) in [6.07, 6.45) is -5.99. The molecule has 0 aliphatic carbocycles. The summed E-state index contributed by atoms with van der Waals surface area (Å²) in [4.78, 5) is 0. The fraction of sp³-hybridized carbons (Fsp3) is 0.333. The van der Waals surface area contributed by atoms with Gasteiger partial charge in [-0.05, 0) is 33.4 Å². The van der Waals surface area contributed by atoms with Crippen molar-refractivity contribution >= 4 is 0 Å². The van der Waals surface area contributed by atoms with Crippen LogP contribution in [0.2, 0.25) is 0 Å². The lowest BCUT2D eigenvalue weighted by Gasteiger charge is -2.46. The van der Waals surface area contributed by atoms with Crippen LogP contribution in [0.1, 0.15) is 33.4 Å². The Morgan fingerprint density at radius 3 is 1.00 bits per heavy atom. The van der Waals surface area contributed by atoms with E-state index in [0.717, 1.165) is 33.4 Å². The molecule has 10 heteroatoms. The average molecular weight is 867 g/mol.